The van der Waals surface area contributed by atoms with E-state index in [0.29, 0.717) is 5.56 Å². The largest absolute Gasteiger partial charge is 0.461 e. The number of nitro benzene ring substituents is 1. The number of carbonyl (C=O) groups excluding carboxylic acids is 1. The molecule has 0 radical (unpaired) electrons. The molecule has 2 rings (SSSR count). The van der Waals surface area contributed by atoms with Crippen LogP contribution in [0.3, 0.4) is 0 Å². The van der Waals surface area contributed by atoms with E-state index in [4.69, 9.17) is 4.42 Å². The van der Waals surface area contributed by atoms with E-state index in [1.54, 1.807) is 24.3 Å². The lowest BCUT2D eigenvalue weighted by atomic mass is 10.1. The lowest BCUT2D eigenvalue weighted by molar-refractivity contribution is -0.384. The molecular formula is C13H9NO4. The van der Waals surface area contributed by atoms with Crippen molar-refractivity contribution in [2.75, 3.05) is 0 Å². The molecular weight excluding hydrogens is 234 g/mol. The number of benzene rings is 1. The average molecular weight is 243 g/mol. The molecule has 0 saturated heterocycles. The molecule has 1 aromatic heterocycles. The van der Waals surface area contributed by atoms with Crippen LogP contribution in [-0.4, -0.2) is 10.7 Å². The Balaban J connectivity index is 2.16. The van der Waals surface area contributed by atoms with Crippen LogP contribution in [0, 0.1) is 10.1 Å². The second kappa shape index (κ2) is 5.09. The second-order valence-corrected chi connectivity index (χ2v) is 3.53. The summed E-state index contributed by atoms with van der Waals surface area (Å²) < 4.78 is 4.94. The van der Waals surface area contributed by atoms with Gasteiger partial charge in [0.1, 0.15) is 0 Å². The Hall–Kier alpha value is -2.69. The third-order valence-corrected chi connectivity index (χ3v) is 2.27. The van der Waals surface area contributed by atoms with Crippen molar-refractivity contribution < 1.29 is 14.1 Å². The van der Waals surface area contributed by atoms with Crippen LogP contribution < -0.4 is 0 Å². The lowest BCUT2D eigenvalue weighted by Crippen LogP contribution is -1.91. The minimum absolute atomic E-state index is 0.0115. The summed E-state index contributed by atoms with van der Waals surface area (Å²) >= 11 is 0. The monoisotopic (exact) mass is 243 g/mol. The summed E-state index contributed by atoms with van der Waals surface area (Å²) in [5.74, 6) is -0.0526. The molecule has 0 spiro atoms. The molecule has 0 saturated carbocycles. The maximum absolute atomic E-state index is 11.6. The fourth-order valence-electron chi connectivity index (χ4n) is 1.41. The summed E-state index contributed by atoms with van der Waals surface area (Å²) in [6, 6.07) is 9.21. The van der Waals surface area contributed by atoms with Crippen LogP contribution in [0.5, 0.6) is 0 Å². The van der Waals surface area contributed by atoms with Gasteiger partial charge in [0, 0.05) is 12.1 Å². The van der Waals surface area contributed by atoms with E-state index in [-0.39, 0.29) is 17.2 Å². The van der Waals surface area contributed by atoms with Gasteiger partial charge in [-0.1, -0.05) is 18.2 Å². The van der Waals surface area contributed by atoms with Gasteiger partial charge in [-0.2, -0.15) is 0 Å². The van der Waals surface area contributed by atoms with Gasteiger partial charge in [-0.15, -0.1) is 0 Å². The summed E-state index contributed by atoms with van der Waals surface area (Å²) in [7, 11) is 0. The summed E-state index contributed by atoms with van der Waals surface area (Å²) in [4.78, 5) is 21.7. The zero-order valence-electron chi connectivity index (χ0n) is 9.28. The predicted molar refractivity (Wildman–Crippen MR) is 65.2 cm³/mol. The molecule has 1 aromatic carbocycles. The molecule has 0 bridgehead atoms. The minimum Gasteiger partial charge on any atom is -0.461 e. The van der Waals surface area contributed by atoms with E-state index in [9.17, 15) is 14.9 Å². The number of hydrogen-bond acceptors (Lipinski definition) is 4. The van der Waals surface area contributed by atoms with Crippen molar-refractivity contribution >= 4 is 17.5 Å². The SMILES string of the molecule is O=C(/C=C\c1cccc([N+](=O)[O-])c1)c1ccco1. The molecule has 0 aliphatic heterocycles. The highest BCUT2D eigenvalue weighted by atomic mass is 16.6. The number of furan rings is 1. The number of ketones is 1. The van der Waals surface area contributed by atoms with Gasteiger partial charge in [-0.25, -0.2) is 0 Å². The maximum atomic E-state index is 11.6. The van der Waals surface area contributed by atoms with Crippen LogP contribution in [0.2, 0.25) is 0 Å². The Morgan fingerprint density at radius 3 is 2.78 bits per heavy atom. The number of rotatable bonds is 4. The molecule has 0 amide bonds. The quantitative estimate of drug-likeness (QED) is 0.358. The molecule has 1 heterocycles. The van der Waals surface area contributed by atoms with Gasteiger partial charge < -0.3 is 4.42 Å². The maximum Gasteiger partial charge on any atom is 0.270 e. The van der Waals surface area contributed by atoms with E-state index >= 15 is 0 Å². The number of nitro groups is 1. The fourth-order valence-corrected chi connectivity index (χ4v) is 1.41. The molecule has 90 valence electrons. The standard InChI is InChI=1S/C13H9NO4/c15-12(13-5-2-8-18-13)7-6-10-3-1-4-11(9-10)14(16)17/h1-9H/b7-6-. The predicted octanol–water partition coefficient (Wildman–Crippen LogP) is 3.08. The first-order chi connectivity index (χ1) is 8.66. The molecule has 0 aliphatic rings. The fraction of sp³-hybridized carbons (Fsp3) is 0. The van der Waals surface area contributed by atoms with Gasteiger partial charge >= 0.3 is 0 Å². The third-order valence-electron chi connectivity index (χ3n) is 2.27. The van der Waals surface area contributed by atoms with Crippen LogP contribution in [0.25, 0.3) is 6.08 Å². The van der Waals surface area contributed by atoms with Crippen molar-refractivity contribution in [2.24, 2.45) is 0 Å². The molecule has 18 heavy (non-hydrogen) atoms. The van der Waals surface area contributed by atoms with Crippen molar-refractivity contribution in [3.63, 3.8) is 0 Å². The number of non-ortho nitro benzene ring substituents is 1. The van der Waals surface area contributed by atoms with Crippen LogP contribution in [0.15, 0.2) is 53.2 Å². The molecule has 5 heteroatoms. The van der Waals surface area contributed by atoms with E-state index < -0.39 is 4.92 Å². The summed E-state index contributed by atoms with van der Waals surface area (Å²) in [6.45, 7) is 0. The van der Waals surface area contributed by atoms with E-state index in [2.05, 4.69) is 0 Å². The first-order valence-electron chi connectivity index (χ1n) is 5.17. The number of nitrogens with zero attached hydrogens (tertiary/aromatic N) is 1. The van der Waals surface area contributed by atoms with Crippen molar-refractivity contribution in [1.29, 1.82) is 0 Å². The number of carbonyl (C=O) groups is 1. The Labute approximate surface area is 103 Å². The van der Waals surface area contributed by atoms with Crippen molar-refractivity contribution in [3.8, 4) is 0 Å². The van der Waals surface area contributed by atoms with Crippen molar-refractivity contribution in [1.82, 2.24) is 0 Å². The molecule has 0 aliphatic carbocycles. The number of allylic oxidation sites excluding steroid dienone is 1. The van der Waals surface area contributed by atoms with E-state index in [1.807, 2.05) is 0 Å². The van der Waals surface area contributed by atoms with Gasteiger partial charge in [0.05, 0.1) is 11.2 Å². The van der Waals surface area contributed by atoms with Gasteiger partial charge in [-0.3, -0.25) is 14.9 Å². The lowest BCUT2D eigenvalue weighted by Gasteiger charge is -1.94. The topological polar surface area (TPSA) is 73.3 Å². The minimum atomic E-state index is -0.480. The van der Waals surface area contributed by atoms with Crippen LogP contribution >= 0.6 is 0 Å². The molecule has 5 nitrogen and oxygen atoms in total. The van der Waals surface area contributed by atoms with Crippen LogP contribution in [0.4, 0.5) is 5.69 Å². The zero-order chi connectivity index (χ0) is 13.0. The van der Waals surface area contributed by atoms with Gasteiger partial charge in [0.25, 0.3) is 5.69 Å². The molecule has 2 aromatic rings. The van der Waals surface area contributed by atoms with E-state index in [0.717, 1.165) is 0 Å². The summed E-state index contributed by atoms with van der Waals surface area (Å²) in [6.07, 6.45) is 4.24. The highest BCUT2D eigenvalue weighted by molar-refractivity contribution is 6.04. The Kier molecular flexibility index (Phi) is 3.33. The van der Waals surface area contributed by atoms with Crippen LogP contribution in [0.1, 0.15) is 16.1 Å². The smallest absolute Gasteiger partial charge is 0.270 e. The van der Waals surface area contributed by atoms with Crippen LogP contribution in [-0.2, 0) is 0 Å². The van der Waals surface area contributed by atoms with Crippen molar-refractivity contribution in [2.45, 2.75) is 0 Å². The first kappa shape index (κ1) is 11.8. The highest BCUT2D eigenvalue weighted by Crippen LogP contribution is 2.14. The number of hydrogen-bond donors (Lipinski definition) is 0. The van der Waals surface area contributed by atoms with Gasteiger partial charge in [-0.05, 0) is 23.8 Å². The Morgan fingerprint density at radius 1 is 1.28 bits per heavy atom. The highest BCUT2D eigenvalue weighted by Gasteiger charge is 2.06. The molecule has 0 atom stereocenters. The molecule has 0 N–H and O–H groups in total. The second-order valence-electron chi connectivity index (χ2n) is 3.53. The third kappa shape index (κ3) is 2.70. The van der Waals surface area contributed by atoms with Gasteiger partial charge in [0.15, 0.2) is 5.76 Å². The normalized spacial score (nSPS) is 10.7. The van der Waals surface area contributed by atoms with Crippen molar-refractivity contribution in [3.05, 3.63) is 70.2 Å². The first-order valence-corrected chi connectivity index (χ1v) is 5.17. The Bertz CT molecular complexity index is 599. The summed E-state index contributed by atoms with van der Waals surface area (Å²) in [5.41, 5.74) is 0.576. The van der Waals surface area contributed by atoms with Gasteiger partial charge in [0.2, 0.25) is 5.78 Å². The zero-order valence-corrected chi connectivity index (χ0v) is 9.28. The molecule has 0 fully saturated rings. The van der Waals surface area contributed by atoms with E-state index in [1.165, 1.54) is 30.5 Å². The Morgan fingerprint density at radius 2 is 2.11 bits per heavy atom. The average Bonchev–Trinajstić information content (AvgIpc) is 2.90. The molecule has 0 unspecified atom stereocenters. The summed E-state index contributed by atoms with van der Waals surface area (Å²) in [5, 5.41) is 10.6.